The molecule has 4 amide bonds. The van der Waals surface area contributed by atoms with E-state index in [1.54, 1.807) is 26.0 Å². The number of hydrogen-bond acceptors (Lipinski definition) is 4. The Morgan fingerprint density at radius 2 is 1.81 bits per heavy atom. The number of carboxylic acids is 1. The van der Waals surface area contributed by atoms with Crippen LogP contribution in [0.5, 0.6) is 0 Å². The maximum Gasteiger partial charge on any atom is 0.322 e. The molecule has 1 saturated heterocycles. The van der Waals surface area contributed by atoms with Gasteiger partial charge in [-0.3, -0.25) is 19.7 Å². The summed E-state index contributed by atoms with van der Waals surface area (Å²) in [6.45, 7) is 6.95. The fourth-order valence-corrected chi connectivity index (χ4v) is 2.74. The SMILES string of the molecule is CC(C)C(C)(CC(=O)O)NC(=O)c1ccc(C2(C)NC(=O)NC2=O)cc1. The van der Waals surface area contributed by atoms with E-state index in [9.17, 15) is 19.2 Å². The molecule has 8 nitrogen and oxygen atoms in total. The van der Waals surface area contributed by atoms with E-state index in [0.717, 1.165) is 0 Å². The van der Waals surface area contributed by atoms with Crippen molar-refractivity contribution in [1.29, 1.82) is 0 Å². The van der Waals surface area contributed by atoms with Crippen LogP contribution in [-0.4, -0.2) is 34.5 Å². The molecule has 1 aromatic rings. The first-order chi connectivity index (χ1) is 12.0. The highest BCUT2D eigenvalue weighted by Gasteiger charge is 2.43. The Morgan fingerprint density at radius 3 is 2.23 bits per heavy atom. The number of rotatable bonds is 6. The molecule has 1 aliphatic rings. The molecule has 1 fully saturated rings. The van der Waals surface area contributed by atoms with Crippen molar-refractivity contribution in [3.05, 3.63) is 35.4 Å². The van der Waals surface area contributed by atoms with Gasteiger partial charge in [0.2, 0.25) is 0 Å². The maximum atomic E-state index is 12.5. The number of amides is 4. The number of benzene rings is 1. The standard InChI is InChI=1S/C18H23N3O5/c1-10(2)17(3,9-13(22)23)20-14(24)11-5-7-12(8-6-11)18(4)15(25)19-16(26)21-18/h5-8,10H,9H2,1-4H3,(H,20,24)(H,22,23)(H2,19,21,25,26). The number of hydrogen-bond donors (Lipinski definition) is 4. The van der Waals surface area contributed by atoms with E-state index in [1.807, 2.05) is 13.8 Å². The van der Waals surface area contributed by atoms with E-state index >= 15 is 0 Å². The van der Waals surface area contributed by atoms with Gasteiger partial charge in [0.25, 0.3) is 11.8 Å². The quantitative estimate of drug-likeness (QED) is 0.570. The van der Waals surface area contributed by atoms with Gasteiger partial charge < -0.3 is 15.7 Å². The molecule has 0 spiro atoms. The lowest BCUT2D eigenvalue weighted by atomic mass is 9.84. The van der Waals surface area contributed by atoms with Gasteiger partial charge in [-0.25, -0.2) is 4.79 Å². The second kappa shape index (κ2) is 6.78. The lowest BCUT2D eigenvalue weighted by Crippen LogP contribution is -2.51. The van der Waals surface area contributed by atoms with Crippen molar-refractivity contribution in [2.24, 2.45) is 5.92 Å². The number of aliphatic carboxylic acids is 1. The van der Waals surface area contributed by atoms with Crippen LogP contribution in [0.15, 0.2) is 24.3 Å². The molecule has 0 bridgehead atoms. The molecule has 1 aromatic carbocycles. The molecule has 140 valence electrons. The summed E-state index contributed by atoms with van der Waals surface area (Å²) in [5, 5.41) is 16.6. The highest BCUT2D eigenvalue weighted by molar-refractivity contribution is 6.07. The molecule has 0 saturated carbocycles. The van der Waals surface area contributed by atoms with Crippen LogP contribution in [0.25, 0.3) is 0 Å². The number of imide groups is 1. The summed E-state index contributed by atoms with van der Waals surface area (Å²) in [5.41, 5.74) is -1.22. The molecular weight excluding hydrogens is 338 g/mol. The van der Waals surface area contributed by atoms with Crippen LogP contribution in [0, 0.1) is 5.92 Å². The van der Waals surface area contributed by atoms with Gasteiger partial charge in [0, 0.05) is 5.56 Å². The molecule has 0 aliphatic carbocycles. The van der Waals surface area contributed by atoms with Gasteiger partial charge in [0.1, 0.15) is 5.54 Å². The summed E-state index contributed by atoms with van der Waals surface area (Å²) >= 11 is 0. The van der Waals surface area contributed by atoms with Gasteiger partial charge >= 0.3 is 12.0 Å². The summed E-state index contributed by atoms with van der Waals surface area (Å²) in [6, 6.07) is 5.68. The number of nitrogens with one attached hydrogen (secondary N) is 3. The summed E-state index contributed by atoms with van der Waals surface area (Å²) in [7, 11) is 0. The van der Waals surface area contributed by atoms with Crippen LogP contribution in [0.1, 0.15) is 50.0 Å². The number of carboxylic acid groups (broad SMARTS) is 1. The largest absolute Gasteiger partial charge is 0.481 e. The van der Waals surface area contributed by atoms with E-state index in [1.165, 1.54) is 12.1 Å². The van der Waals surface area contributed by atoms with E-state index < -0.39 is 34.9 Å². The Kier molecular flexibility index (Phi) is 5.06. The third kappa shape index (κ3) is 3.68. The first kappa shape index (κ1) is 19.4. The number of carbonyl (C=O) groups is 4. The minimum Gasteiger partial charge on any atom is -0.481 e. The molecule has 2 rings (SSSR count). The summed E-state index contributed by atoms with van der Waals surface area (Å²) in [5.74, 6) is -1.95. The Bertz CT molecular complexity index is 759. The first-order valence-corrected chi connectivity index (χ1v) is 8.26. The van der Waals surface area contributed by atoms with Crippen LogP contribution >= 0.6 is 0 Å². The van der Waals surface area contributed by atoms with Crippen molar-refractivity contribution >= 4 is 23.8 Å². The van der Waals surface area contributed by atoms with Gasteiger partial charge in [-0.2, -0.15) is 0 Å². The van der Waals surface area contributed by atoms with Crippen molar-refractivity contribution in [3.8, 4) is 0 Å². The Labute approximate surface area is 151 Å². The lowest BCUT2D eigenvalue weighted by Gasteiger charge is -2.33. The average Bonchev–Trinajstić information content (AvgIpc) is 2.80. The molecule has 0 radical (unpaired) electrons. The van der Waals surface area contributed by atoms with Crippen LogP contribution < -0.4 is 16.0 Å². The van der Waals surface area contributed by atoms with E-state index in [4.69, 9.17) is 5.11 Å². The van der Waals surface area contributed by atoms with Gasteiger partial charge in [-0.1, -0.05) is 26.0 Å². The molecule has 1 heterocycles. The Balaban J connectivity index is 2.20. The number of urea groups is 1. The van der Waals surface area contributed by atoms with Crippen LogP contribution in [0.4, 0.5) is 4.79 Å². The monoisotopic (exact) mass is 361 g/mol. The molecule has 1 aliphatic heterocycles. The summed E-state index contributed by atoms with van der Waals surface area (Å²) in [4.78, 5) is 47.0. The van der Waals surface area contributed by atoms with Crippen molar-refractivity contribution in [2.45, 2.75) is 45.2 Å². The maximum absolute atomic E-state index is 12.5. The van der Waals surface area contributed by atoms with Gasteiger partial charge in [-0.15, -0.1) is 0 Å². The smallest absolute Gasteiger partial charge is 0.322 e. The molecular formula is C18H23N3O5. The van der Waals surface area contributed by atoms with Crippen molar-refractivity contribution in [2.75, 3.05) is 0 Å². The lowest BCUT2D eigenvalue weighted by molar-refractivity contribution is -0.139. The fraction of sp³-hybridized carbons (Fsp3) is 0.444. The highest BCUT2D eigenvalue weighted by atomic mass is 16.4. The van der Waals surface area contributed by atoms with Crippen molar-refractivity contribution < 1.29 is 24.3 Å². The molecule has 0 aromatic heterocycles. The number of carbonyl (C=O) groups excluding carboxylic acids is 3. The predicted molar refractivity (Wildman–Crippen MR) is 93.4 cm³/mol. The third-order valence-electron chi connectivity index (χ3n) is 4.96. The van der Waals surface area contributed by atoms with Crippen LogP contribution in [0.3, 0.4) is 0 Å². The first-order valence-electron chi connectivity index (χ1n) is 8.26. The summed E-state index contributed by atoms with van der Waals surface area (Å²) < 4.78 is 0. The van der Waals surface area contributed by atoms with E-state index in [2.05, 4.69) is 16.0 Å². The van der Waals surface area contributed by atoms with Crippen LogP contribution in [0.2, 0.25) is 0 Å². The fourth-order valence-electron chi connectivity index (χ4n) is 2.74. The zero-order valence-electron chi connectivity index (χ0n) is 15.2. The molecule has 8 heteroatoms. The minimum absolute atomic E-state index is 0.0851. The molecule has 26 heavy (non-hydrogen) atoms. The van der Waals surface area contributed by atoms with Gasteiger partial charge in [0.05, 0.1) is 12.0 Å². The van der Waals surface area contributed by atoms with Gasteiger partial charge in [0.15, 0.2) is 0 Å². The zero-order valence-corrected chi connectivity index (χ0v) is 15.2. The highest BCUT2D eigenvalue weighted by Crippen LogP contribution is 2.25. The van der Waals surface area contributed by atoms with E-state index in [0.29, 0.717) is 11.1 Å². The second-order valence-corrected chi connectivity index (χ2v) is 7.21. The topological polar surface area (TPSA) is 125 Å². The molecule has 4 N–H and O–H groups in total. The zero-order chi connectivity index (χ0) is 19.7. The average molecular weight is 361 g/mol. The predicted octanol–water partition coefficient (Wildman–Crippen LogP) is 1.36. The van der Waals surface area contributed by atoms with Crippen molar-refractivity contribution in [3.63, 3.8) is 0 Å². The summed E-state index contributed by atoms with van der Waals surface area (Å²) in [6.07, 6.45) is -0.196. The Morgan fingerprint density at radius 1 is 1.23 bits per heavy atom. The normalized spacial score (nSPS) is 21.7. The van der Waals surface area contributed by atoms with Gasteiger partial charge in [-0.05, 0) is 37.5 Å². The van der Waals surface area contributed by atoms with E-state index in [-0.39, 0.29) is 12.3 Å². The molecule has 2 unspecified atom stereocenters. The molecule has 2 atom stereocenters. The van der Waals surface area contributed by atoms with Crippen LogP contribution in [-0.2, 0) is 15.1 Å². The minimum atomic E-state index is -1.19. The van der Waals surface area contributed by atoms with Crippen molar-refractivity contribution in [1.82, 2.24) is 16.0 Å². The second-order valence-electron chi connectivity index (χ2n) is 7.21. The Hall–Kier alpha value is -2.90. The third-order valence-corrected chi connectivity index (χ3v) is 4.96.